The number of ether oxygens (including phenoxy) is 1. The van der Waals surface area contributed by atoms with Crippen molar-refractivity contribution in [3.63, 3.8) is 0 Å². The van der Waals surface area contributed by atoms with Crippen LogP contribution in [0.4, 0.5) is 5.69 Å². The van der Waals surface area contributed by atoms with E-state index >= 15 is 0 Å². The van der Waals surface area contributed by atoms with E-state index in [1.165, 1.54) is 20.2 Å². The summed E-state index contributed by atoms with van der Waals surface area (Å²) in [7, 11) is -0.795. The van der Waals surface area contributed by atoms with Gasteiger partial charge < -0.3 is 10.1 Å². The lowest BCUT2D eigenvalue weighted by molar-refractivity contribution is -0.117. The number of hydrogen-bond donors (Lipinski definition) is 1. The second-order valence-electron chi connectivity index (χ2n) is 6.24. The summed E-state index contributed by atoms with van der Waals surface area (Å²) in [4.78, 5) is 12.8. The summed E-state index contributed by atoms with van der Waals surface area (Å²) in [6.45, 7) is 4.07. The zero-order valence-electron chi connectivity index (χ0n) is 16.1. The molecule has 0 heterocycles. The van der Waals surface area contributed by atoms with Gasteiger partial charge in [-0.15, -0.1) is 0 Å². The van der Waals surface area contributed by atoms with Crippen molar-refractivity contribution in [1.82, 2.24) is 4.31 Å². The molecule has 0 aliphatic heterocycles. The Bertz CT molecular complexity index is 880. The summed E-state index contributed by atoms with van der Waals surface area (Å²) >= 11 is 0. The zero-order chi connectivity index (χ0) is 20.0. The number of nitrogens with zero attached hydrogens (tertiary/aromatic N) is 1. The van der Waals surface area contributed by atoms with Crippen LogP contribution in [0.2, 0.25) is 0 Å². The van der Waals surface area contributed by atoms with Crippen LogP contribution in [0.3, 0.4) is 0 Å². The summed E-state index contributed by atoms with van der Waals surface area (Å²) in [5, 5.41) is 2.83. The first-order chi connectivity index (χ1) is 12.8. The molecular formula is C20H26N2O4S. The molecule has 2 aromatic carbocycles. The van der Waals surface area contributed by atoms with E-state index in [1.807, 2.05) is 37.3 Å². The van der Waals surface area contributed by atoms with Crippen LogP contribution < -0.4 is 10.1 Å². The lowest BCUT2D eigenvalue weighted by Crippen LogP contribution is -2.24. The number of amides is 1. The maximum atomic E-state index is 12.7. The first-order valence-corrected chi connectivity index (χ1v) is 10.3. The first kappa shape index (κ1) is 20.9. The van der Waals surface area contributed by atoms with Crippen molar-refractivity contribution >= 4 is 21.6 Å². The quantitative estimate of drug-likeness (QED) is 0.749. The Balaban J connectivity index is 2.35. The van der Waals surface area contributed by atoms with Gasteiger partial charge in [-0.2, -0.15) is 0 Å². The highest BCUT2D eigenvalue weighted by molar-refractivity contribution is 7.89. The molecule has 0 saturated carbocycles. The monoisotopic (exact) mass is 390 g/mol. The van der Waals surface area contributed by atoms with E-state index in [2.05, 4.69) is 5.32 Å². The van der Waals surface area contributed by atoms with Crippen LogP contribution in [-0.4, -0.2) is 39.3 Å². The Labute approximate surface area is 161 Å². The maximum absolute atomic E-state index is 12.7. The molecule has 6 nitrogen and oxygen atoms in total. The number of sulfonamides is 1. The van der Waals surface area contributed by atoms with E-state index in [-0.39, 0.29) is 22.5 Å². The third-order valence-electron chi connectivity index (χ3n) is 4.20. The molecule has 1 atom stereocenters. The standard InChI is InChI=1S/C20H26N2O4S/c1-5-17(15-10-8-7-9-11-15)20(23)21-16-12-13-18(26-6-2)19(14-16)27(24,25)22(3)4/h7-14,17H,5-6H2,1-4H3,(H,21,23). The van der Waals surface area contributed by atoms with Crippen LogP contribution in [0.25, 0.3) is 0 Å². The van der Waals surface area contributed by atoms with Gasteiger partial charge in [0.25, 0.3) is 0 Å². The van der Waals surface area contributed by atoms with Gasteiger partial charge in [0, 0.05) is 19.8 Å². The van der Waals surface area contributed by atoms with Gasteiger partial charge in [-0.1, -0.05) is 37.3 Å². The highest BCUT2D eigenvalue weighted by Crippen LogP contribution is 2.30. The molecule has 146 valence electrons. The molecule has 0 radical (unpaired) electrons. The van der Waals surface area contributed by atoms with Crippen LogP contribution in [0.15, 0.2) is 53.4 Å². The normalized spacial score (nSPS) is 12.6. The summed E-state index contributed by atoms with van der Waals surface area (Å²) in [6, 6.07) is 14.2. The summed E-state index contributed by atoms with van der Waals surface area (Å²) in [6.07, 6.45) is 0.635. The predicted molar refractivity (Wildman–Crippen MR) is 107 cm³/mol. The second kappa shape index (κ2) is 9.01. The third kappa shape index (κ3) is 4.87. The van der Waals surface area contributed by atoms with E-state index < -0.39 is 10.0 Å². The smallest absolute Gasteiger partial charge is 0.246 e. The predicted octanol–water partition coefficient (Wildman–Crippen LogP) is 3.47. The van der Waals surface area contributed by atoms with Crippen molar-refractivity contribution in [2.45, 2.75) is 31.1 Å². The van der Waals surface area contributed by atoms with E-state index in [1.54, 1.807) is 19.1 Å². The van der Waals surface area contributed by atoms with Gasteiger partial charge in [0.05, 0.1) is 12.5 Å². The van der Waals surface area contributed by atoms with Crippen LogP contribution in [0.1, 0.15) is 31.7 Å². The van der Waals surface area contributed by atoms with E-state index in [0.717, 1.165) is 9.87 Å². The molecule has 0 saturated heterocycles. The SMILES string of the molecule is CCOc1ccc(NC(=O)C(CC)c2ccccc2)cc1S(=O)(=O)N(C)C. The lowest BCUT2D eigenvalue weighted by Gasteiger charge is -2.18. The topological polar surface area (TPSA) is 75.7 Å². The molecule has 0 aliphatic carbocycles. The molecule has 0 aliphatic rings. The highest BCUT2D eigenvalue weighted by Gasteiger charge is 2.24. The van der Waals surface area contributed by atoms with E-state index in [0.29, 0.717) is 18.7 Å². The molecule has 1 amide bonds. The third-order valence-corrected chi connectivity index (χ3v) is 6.03. The molecular weight excluding hydrogens is 364 g/mol. The van der Waals surface area contributed by atoms with Gasteiger partial charge in [-0.25, -0.2) is 12.7 Å². The van der Waals surface area contributed by atoms with Crippen molar-refractivity contribution in [3.05, 3.63) is 54.1 Å². The van der Waals surface area contributed by atoms with Crippen molar-refractivity contribution in [3.8, 4) is 5.75 Å². The molecule has 1 N–H and O–H groups in total. The lowest BCUT2D eigenvalue weighted by atomic mass is 9.95. The van der Waals surface area contributed by atoms with Gasteiger partial charge in [0.1, 0.15) is 10.6 Å². The minimum Gasteiger partial charge on any atom is -0.492 e. The van der Waals surface area contributed by atoms with Crippen LogP contribution >= 0.6 is 0 Å². The van der Waals surface area contributed by atoms with Crippen LogP contribution in [-0.2, 0) is 14.8 Å². The Kier molecular flexibility index (Phi) is 6.98. The van der Waals surface area contributed by atoms with Crippen molar-refractivity contribution in [2.24, 2.45) is 0 Å². The minimum atomic E-state index is -3.71. The van der Waals surface area contributed by atoms with Gasteiger partial charge >= 0.3 is 0 Å². The summed E-state index contributed by atoms with van der Waals surface area (Å²) in [5.74, 6) is -0.230. The molecule has 0 spiro atoms. The molecule has 1 unspecified atom stereocenters. The molecule has 0 bridgehead atoms. The van der Waals surface area contributed by atoms with Crippen molar-refractivity contribution in [1.29, 1.82) is 0 Å². The zero-order valence-corrected chi connectivity index (χ0v) is 16.9. The number of rotatable bonds is 8. The van der Waals surface area contributed by atoms with Crippen molar-refractivity contribution < 1.29 is 17.9 Å². The highest BCUT2D eigenvalue weighted by atomic mass is 32.2. The Hall–Kier alpha value is -2.38. The number of nitrogens with one attached hydrogen (secondary N) is 1. The number of hydrogen-bond acceptors (Lipinski definition) is 4. The molecule has 27 heavy (non-hydrogen) atoms. The van der Waals surface area contributed by atoms with Crippen LogP contribution in [0.5, 0.6) is 5.75 Å². The Morgan fingerprint density at radius 1 is 1.11 bits per heavy atom. The van der Waals surface area contributed by atoms with Gasteiger partial charge in [0.15, 0.2) is 0 Å². The molecule has 7 heteroatoms. The Morgan fingerprint density at radius 3 is 2.33 bits per heavy atom. The fraction of sp³-hybridized carbons (Fsp3) is 0.350. The fourth-order valence-electron chi connectivity index (χ4n) is 2.75. The van der Waals surface area contributed by atoms with Gasteiger partial charge in [0.2, 0.25) is 15.9 Å². The molecule has 0 fully saturated rings. The van der Waals surface area contributed by atoms with E-state index in [4.69, 9.17) is 4.74 Å². The molecule has 0 aromatic heterocycles. The summed E-state index contributed by atoms with van der Waals surface area (Å²) in [5.41, 5.74) is 1.34. The minimum absolute atomic E-state index is 0.0277. The average molecular weight is 391 g/mol. The van der Waals surface area contributed by atoms with Crippen LogP contribution in [0, 0.1) is 0 Å². The largest absolute Gasteiger partial charge is 0.492 e. The van der Waals surface area contributed by atoms with Crippen molar-refractivity contribution in [2.75, 3.05) is 26.0 Å². The average Bonchev–Trinajstić information content (AvgIpc) is 2.64. The maximum Gasteiger partial charge on any atom is 0.246 e. The number of anilines is 1. The number of carbonyl (C=O) groups is 1. The van der Waals surface area contributed by atoms with Gasteiger partial charge in [-0.05, 0) is 37.1 Å². The Morgan fingerprint density at radius 2 is 1.78 bits per heavy atom. The summed E-state index contributed by atoms with van der Waals surface area (Å²) < 4.78 is 31.8. The second-order valence-corrected chi connectivity index (χ2v) is 8.36. The fourth-order valence-corrected chi connectivity index (χ4v) is 3.80. The molecule has 2 aromatic rings. The van der Waals surface area contributed by atoms with E-state index in [9.17, 15) is 13.2 Å². The molecule has 2 rings (SSSR count). The number of carbonyl (C=O) groups excluding carboxylic acids is 1. The first-order valence-electron chi connectivity index (χ1n) is 8.86. The van der Waals surface area contributed by atoms with Gasteiger partial charge in [-0.3, -0.25) is 4.79 Å². The number of benzene rings is 2.